The molecule has 0 bridgehead atoms. The van der Waals surface area contributed by atoms with Gasteiger partial charge in [0.05, 0.1) is 30.0 Å². The van der Waals surface area contributed by atoms with Crippen LogP contribution in [0.3, 0.4) is 0 Å². The fraction of sp³-hybridized carbons (Fsp3) is 0.842. The summed E-state index contributed by atoms with van der Waals surface area (Å²) < 4.78 is 46.5. The number of ketones is 2. The molecule has 13 atom stereocenters. The molecule has 2 rings (SSSR count). The van der Waals surface area contributed by atoms with E-state index in [-0.39, 0.29) is 37.2 Å². The number of ether oxygens (including phenoxy) is 5. The third-order valence-electron chi connectivity index (χ3n) is 10.5. The van der Waals surface area contributed by atoms with Crippen LogP contribution in [0, 0.1) is 17.8 Å². The first-order valence-electron chi connectivity index (χ1n) is 18.6. The molecule has 0 aromatic rings. The number of halogens is 1. The number of aliphatic imine (C=N–C) groups is 1. The quantitative estimate of drug-likeness (QED) is 0.244. The van der Waals surface area contributed by atoms with Crippen LogP contribution in [0.1, 0.15) is 108 Å². The molecule has 2 aliphatic heterocycles. The van der Waals surface area contributed by atoms with Gasteiger partial charge in [0.1, 0.15) is 18.3 Å². The van der Waals surface area contributed by atoms with Gasteiger partial charge in [-0.1, -0.05) is 41.5 Å². The predicted octanol–water partition coefficient (Wildman–Crippen LogP) is 3.54. The lowest BCUT2D eigenvalue weighted by Gasteiger charge is -2.47. The number of Topliss-reactive ketones (excluding diaryl/α,β-unsaturated/α-hetero) is 2. The van der Waals surface area contributed by atoms with Crippen molar-refractivity contribution < 1.29 is 62.3 Å². The maximum Gasteiger partial charge on any atom is 0.351 e. The zero-order valence-corrected chi connectivity index (χ0v) is 33.8. The Morgan fingerprint density at radius 3 is 2.09 bits per heavy atom. The SMILES string of the molecule is CCC(=O)CO[C@@H]1[C@@H](C)/C(=N/C(=O)CC)[C@H](C)C[C@@](C)(O)[C@H](O[C@@H]2O[C@H](C)C[C@H](N(C)C)[C@H]2OC(C)=O)[C@@H](C)C(=O)[C@](C)(F)C(=O)O[C@H](CC)[C@@]1(C)O. The summed E-state index contributed by atoms with van der Waals surface area (Å²) in [5, 5.41) is 24.4. The standard InChI is InChI=1S/C38H63FN2O12/c1-14-25(43)19-49-33-22(6)29(40-28(44)16-3)20(4)18-36(9,47)32(53-34-30(51-24(8)42)26(41(12)13)17-21(5)50-34)23(7)31(45)37(10,39)35(46)52-27(15-2)38(33,11)48/h20-23,26-27,30,32-34,47-48H,14-19H2,1-13H3/b40-29+/t20-,21-,22+,23+,26+,27-,30-,32-,33-,34+,36-,37+,38-/m1/s1. The molecule has 1 amide bonds. The highest BCUT2D eigenvalue weighted by Gasteiger charge is 2.56. The van der Waals surface area contributed by atoms with E-state index in [0.29, 0.717) is 6.42 Å². The molecule has 2 N–H and O–H groups in total. The number of carbonyl (C=O) groups excluding carboxylic acids is 5. The van der Waals surface area contributed by atoms with Gasteiger partial charge in [0.25, 0.3) is 5.67 Å². The zero-order chi connectivity index (χ0) is 40.8. The number of cyclic esters (lactones) is 1. The molecule has 2 aliphatic rings. The number of hydrogen-bond donors (Lipinski definition) is 2. The minimum atomic E-state index is -3.29. The monoisotopic (exact) mass is 758 g/mol. The Bertz CT molecular complexity index is 1350. The molecule has 0 aromatic carbocycles. The van der Waals surface area contributed by atoms with Gasteiger partial charge in [-0.15, -0.1) is 0 Å². The lowest BCUT2D eigenvalue weighted by Crippen LogP contribution is -2.61. The number of hydrogen-bond acceptors (Lipinski definition) is 13. The van der Waals surface area contributed by atoms with E-state index in [1.165, 1.54) is 27.7 Å². The first-order valence-corrected chi connectivity index (χ1v) is 18.6. The summed E-state index contributed by atoms with van der Waals surface area (Å²) in [4.78, 5) is 71.6. The average molecular weight is 759 g/mol. The van der Waals surface area contributed by atoms with Gasteiger partial charge < -0.3 is 38.8 Å². The Hall–Kier alpha value is -2.69. The van der Waals surface area contributed by atoms with Gasteiger partial charge in [-0.25, -0.2) is 14.2 Å². The van der Waals surface area contributed by atoms with E-state index in [1.807, 2.05) is 4.90 Å². The lowest BCUT2D eigenvalue weighted by atomic mass is 9.73. The van der Waals surface area contributed by atoms with E-state index in [4.69, 9.17) is 23.7 Å². The molecule has 15 heteroatoms. The van der Waals surface area contributed by atoms with Gasteiger partial charge >= 0.3 is 11.9 Å². The summed E-state index contributed by atoms with van der Waals surface area (Å²) in [6.07, 6.45) is -6.85. The van der Waals surface area contributed by atoms with E-state index >= 15 is 4.39 Å². The van der Waals surface area contributed by atoms with Gasteiger partial charge in [0, 0.05) is 37.3 Å². The largest absolute Gasteiger partial charge is 0.457 e. The van der Waals surface area contributed by atoms with Crippen molar-refractivity contribution in [1.29, 1.82) is 0 Å². The van der Waals surface area contributed by atoms with Crippen LogP contribution < -0.4 is 0 Å². The molecule has 0 radical (unpaired) electrons. The summed E-state index contributed by atoms with van der Waals surface area (Å²) in [7, 11) is 3.58. The van der Waals surface area contributed by atoms with Crippen LogP contribution >= 0.6 is 0 Å². The Balaban J connectivity index is 2.89. The third kappa shape index (κ3) is 11.2. The molecule has 0 saturated carbocycles. The number of esters is 2. The lowest BCUT2D eigenvalue weighted by molar-refractivity contribution is -0.295. The van der Waals surface area contributed by atoms with Crippen molar-refractivity contribution in [2.75, 3.05) is 20.7 Å². The highest BCUT2D eigenvalue weighted by Crippen LogP contribution is 2.39. The second kappa shape index (κ2) is 18.8. The first-order chi connectivity index (χ1) is 24.4. The fourth-order valence-corrected chi connectivity index (χ4v) is 7.59. The summed E-state index contributed by atoms with van der Waals surface area (Å²) in [5.74, 6) is -7.55. The minimum Gasteiger partial charge on any atom is -0.457 e. The zero-order valence-electron chi connectivity index (χ0n) is 33.8. The van der Waals surface area contributed by atoms with E-state index in [9.17, 15) is 34.2 Å². The van der Waals surface area contributed by atoms with Crippen LogP contribution in [0.25, 0.3) is 0 Å². The Labute approximate surface area is 313 Å². The molecule has 2 fully saturated rings. The van der Waals surface area contributed by atoms with Crippen LogP contribution in [0.4, 0.5) is 4.39 Å². The van der Waals surface area contributed by atoms with E-state index in [0.717, 1.165) is 6.92 Å². The predicted molar refractivity (Wildman–Crippen MR) is 193 cm³/mol. The second-order valence-corrected chi connectivity index (χ2v) is 15.6. The Kier molecular flexibility index (Phi) is 16.5. The van der Waals surface area contributed by atoms with Crippen molar-refractivity contribution in [3.8, 4) is 0 Å². The number of likely N-dealkylation sites (N-methyl/N-ethyl adjacent to an activating group) is 1. The average Bonchev–Trinajstić information content (AvgIpc) is 3.06. The number of aliphatic hydroxyl groups is 2. The van der Waals surface area contributed by atoms with Gasteiger partial charge in [-0.05, 0) is 67.0 Å². The minimum absolute atomic E-state index is 0.0267. The Morgan fingerprint density at radius 2 is 1.58 bits per heavy atom. The van der Waals surface area contributed by atoms with Crippen molar-refractivity contribution in [3.05, 3.63) is 0 Å². The molecule has 53 heavy (non-hydrogen) atoms. The number of alkyl halides is 1. The molecule has 0 unspecified atom stereocenters. The number of carbonyl (C=O) groups is 5. The number of amides is 1. The molecule has 2 saturated heterocycles. The van der Waals surface area contributed by atoms with Crippen molar-refractivity contribution >= 4 is 35.1 Å². The summed E-state index contributed by atoms with van der Waals surface area (Å²) in [6.45, 7) is 15.5. The van der Waals surface area contributed by atoms with Crippen LogP contribution in [0.5, 0.6) is 0 Å². The van der Waals surface area contributed by atoms with Crippen LogP contribution in [0.2, 0.25) is 0 Å². The number of rotatable bonds is 10. The van der Waals surface area contributed by atoms with Crippen molar-refractivity contribution in [2.24, 2.45) is 22.7 Å². The van der Waals surface area contributed by atoms with Crippen LogP contribution in [-0.2, 0) is 47.7 Å². The normalized spacial score (nSPS) is 40.1. The summed E-state index contributed by atoms with van der Waals surface area (Å²) >= 11 is 0. The van der Waals surface area contributed by atoms with Crippen molar-refractivity contribution in [1.82, 2.24) is 4.90 Å². The highest BCUT2D eigenvalue weighted by molar-refractivity contribution is 6.08. The third-order valence-corrected chi connectivity index (χ3v) is 10.5. The van der Waals surface area contributed by atoms with Gasteiger partial charge in [0.15, 0.2) is 24.0 Å². The molecule has 2 heterocycles. The van der Waals surface area contributed by atoms with Gasteiger partial charge in [-0.3, -0.25) is 19.2 Å². The molecule has 304 valence electrons. The van der Waals surface area contributed by atoms with E-state index in [1.54, 1.807) is 55.6 Å². The van der Waals surface area contributed by atoms with Gasteiger partial charge in [0.2, 0.25) is 5.91 Å². The van der Waals surface area contributed by atoms with Crippen molar-refractivity contribution in [3.63, 3.8) is 0 Å². The maximum atomic E-state index is 16.6. The van der Waals surface area contributed by atoms with Crippen LogP contribution in [-0.4, -0.2) is 131 Å². The molecule has 0 spiro atoms. The van der Waals surface area contributed by atoms with Gasteiger partial charge in [-0.2, -0.15) is 0 Å². The summed E-state index contributed by atoms with van der Waals surface area (Å²) in [5.41, 5.74) is -7.22. The maximum absolute atomic E-state index is 16.6. The Morgan fingerprint density at radius 1 is 0.981 bits per heavy atom. The highest BCUT2D eigenvalue weighted by atomic mass is 19.1. The summed E-state index contributed by atoms with van der Waals surface area (Å²) in [6, 6.07) is -0.405. The molecular formula is C38H63FN2O12. The molecular weight excluding hydrogens is 695 g/mol. The van der Waals surface area contributed by atoms with E-state index in [2.05, 4.69) is 4.99 Å². The van der Waals surface area contributed by atoms with Crippen LogP contribution in [0.15, 0.2) is 4.99 Å². The van der Waals surface area contributed by atoms with E-state index < -0.39 is 108 Å². The first kappa shape index (κ1) is 46.5. The van der Waals surface area contributed by atoms with Crippen molar-refractivity contribution in [2.45, 2.75) is 168 Å². The fourth-order valence-electron chi connectivity index (χ4n) is 7.59. The smallest absolute Gasteiger partial charge is 0.351 e. The second-order valence-electron chi connectivity index (χ2n) is 15.6. The number of nitrogens with zero attached hydrogens (tertiary/aromatic N) is 2. The molecule has 0 aromatic heterocycles. The molecule has 0 aliphatic carbocycles. The topological polar surface area (TPSA) is 188 Å². The molecule has 14 nitrogen and oxygen atoms in total.